The molecule has 0 saturated carbocycles. The number of aliphatic hydroxyl groups is 1. The normalized spacial score (nSPS) is 14.0. The molecule has 1 aliphatic rings. The average molecular weight is 279 g/mol. The molecule has 0 aliphatic carbocycles. The molecule has 1 heterocycles. The van der Waals surface area contributed by atoms with E-state index in [4.69, 9.17) is 9.47 Å². The molecule has 1 amide bonds. The molecule has 5 heteroatoms. The fraction of sp³-hybridized carbons (Fsp3) is 0.533. The summed E-state index contributed by atoms with van der Waals surface area (Å²) in [4.78, 5) is 14.1. The van der Waals surface area contributed by atoms with Crippen molar-refractivity contribution in [1.82, 2.24) is 4.90 Å². The zero-order valence-corrected chi connectivity index (χ0v) is 12.2. The van der Waals surface area contributed by atoms with Crippen LogP contribution >= 0.6 is 0 Å². The van der Waals surface area contributed by atoms with Gasteiger partial charge in [0.15, 0.2) is 11.5 Å². The Kier molecular flexibility index (Phi) is 4.18. The number of benzene rings is 1. The minimum Gasteiger partial charge on any atom is -0.486 e. The Labute approximate surface area is 119 Å². The van der Waals surface area contributed by atoms with Crippen molar-refractivity contribution in [2.75, 3.05) is 26.3 Å². The van der Waals surface area contributed by atoms with Crippen LogP contribution < -0.4 is 9.47 Å². The maximum Gasteiger partial charge on any atom is 0.254 e. The molecule has 1 aromatic rings. The number of likely N-dealkylation sites (N-methyl/N-ethyl adjacent to an activating group) is 1. The van der Waals surface area contributed by atoms with E-state index in [1.54, 1.807) is 36.9 Å². The lowest BCUT2D eigenvalue weighted by molar-refractivity contribution is 0.0314. The molecule has 0 unspecified atom stereocenters. The Morgan fingerprint density at radius 1 is 1.30 bits per heavy atom. The lowest BCUT2D eigenvalue weighted by Crippen LogP contribution is -2.42. The molecule has 110 valence electrons. The van der Waals surface area contributed by atoms with Gasteiger partial charge in [0, 0.05) is 18.7 Å². The van der Waals surface area contributed by atoms with Crippen molar-refractivity contribution in [3.8, 4) is 11.5 Å². The Bertz CT molecular complexity index is 493. The molecule has 0 atom stereocenters. The molecule has 1 aromatic carbocycles. The molecular formula is C15H21NO4. The van der Waals surface area contributed by atoms with Crippen LogP contribution in [0, 0.1) is 0 Å². The van der Waals surface area contributed by atoms with Gasteiger partial charge in [0.25, 0.3) is 5.91 Å². The summed E-state index contributed by atoms with van der Waals surface area (Å²) < 4.78 is 10.9. The second-order valence-electron chi connectivity index (χ2n) is 5.49. The highest BCUT2D eigenvalue weighted by molar-refractivity contribution is 5.95. The van der Waals surface area contributed by atoms with E-state index in [2.05, 4.69) is 0 Å². The zero-order chi connectivity index (χ0) is 14.8. The molecule has 0 saturated heterocycles. The molecule has 0 fully saturated rings. The number of fused-ring (bicyclic) bond motifs is 1. The molecule has 1 aliphatic heterocycles. The number of hydrogen-bond acceptors (Lipinski definition) is 4. The maximum absolute atomic E-state index is 12.5. The third kappa shape index (κ3) is 3.42. The van der Waals surface area contributed by atoms with Crippen molar-refractivity contribution < 1.29 is 19.4 Å². The Morgan fingerprint density at radius 2 is 1.95 bits per heavy atom. The minimum absolute atomic E-state index is 0.119. The predicted molar refractivity (Wildman–Crippen MR) is 75.3 cm³/mol. The Morgan fingerprint density at radius 3 is 2.55 bits per heavy atom. The van der Waals surface area contributed by atoms with Crippen LogP contribution in [0.2, 0.25) is 0 Å². The minimum atomic E-state index is -0.917. The van der Waals surface area contributed by atoms with Gasteiger partial charge in [0.1, 0.15) is 13.2 Å². The second kappa shape index (κ2) is 5.71. The summed E-state index contributed by atoms with van der Waals surface area (Å²) in [6, 6.07) is 5.17. The van der Waals surface area contributed by atoms with Gasteiger partial charge in [-0.3, -0.25) is 4.79 Å². The average Bonchev–Trinajstić information content (AvgIpc) is 2.42. The fourth-order valence-electron chi connectivity index (χ4n) is 2.15. The molecule has 0 radical (unpaired) electrons. The summed E-state index contributed by atoms with van der Waals surface area (Å²) in [6.07, 6.45) is 0. The van der Waals surface area contributed by atoms with Crippen molar-refractivity contribution in [3.05, 3.63) is 23.8 Å². The lowest BCUT2D eigenvalue weighted by Gasteiger charge is -2.28. The molecule has 1 N–H and O–H groups in total. The van der Waals surface area contributed by atoms with Crippen LogP contribution in [-0.2, 0) is 0 Å². The maximum atomic E-state index is 12.5. The quantitative estimate of drug-likeness (QED) is 0.911. The van der Waals surface area contributed by atoms with Gasteiger partial charge in [-0.25, -0.2) is 0 Å². The first kappa shape index (κ1) is 14.7. The van der Waals surface area contributed by atoms with E-state index >= 15 is 0 Å². The van der Waals surface area contributed by atoms with Gasteiger partial charge in [-0.2, -0.15) is 0 Å². The van der Waals surface area contributed by atoms with Crippen molar-refractivity contribution in [1.29, 1.82) is 0 Å². The van der Waals surface area contributed by atoms with E-state index in [0.717, 1.165) is 0 Å². The number of ether oxygens (including phenoxy) is 2. The van der Waals surface area contributed by atoms with E-state index in [-0.39, 0.29) is 12.5 Å². The van der Waals surface area contributed by atoms with Crippen LogP contribution in [0.3, 0.4) is 0 Å². The number of amides is 1. The van der Waals surface area contributed by atoms with Crippen LogP contribution in [0.25, 0.3) is 0 Å². The van der Waals surface area contributed by atoms with E-state index in [0.29, 0.717) is 36.8 Å². The summed E-state index contributed by atoms with van der Waals surface area (Å²) in [5, 5.41) is 9.87. The number of carbonyl (C=O) groups is 1. The molecule has 5 nitrogen and oxygen atoms in total. The predicted octanol–water partition coefficient (Wildman–Crippen LogP) is 1.69. The van der Waals surface area contributed by atoms with Gasteiger partial charge < -0.3 is 19.5 Å². The molecule has 0 spiro atoms. The Hall–Kier alpha value is -1.75. The summed E-state index contributed by atoms with van der Waals surface area (Å²) in [7, 11) is 0. The van der Waals surface area contributed by atoms with Crippen LogP contribution in [0.15, 0.2) is 18.2 Å². The monoisotopic (exact) mass is 279 g/mol. The summed E-state index contributed by atoms with van der Waals surface area (Å²) in [5.74, 6) is 1.14. The summed E-state index contributed by atoms with van der Waals surface area (Å²) >= 11 is 0. The number of hydrogen-bond donors (Lipinski definition) is 1. The van der Waals surface area contributed by atoms with Gasteiger partial charge in [-0.05, 0) is 39.0 Å². The molecule has 20 heavy (non-hydrogen) atoms. The zero-order valence-electron chi connectivity index (χ0n) is 12.2. The first-order valence-corrected chi connectivity index (χ1v) is 6.82. The SMILES string of the molecule is CCN(CC(C)(C)O)C(=O)c1ccc2c(c1)OCCO2. The van der Waals surface area contributed by atoms with Crippen molar-refractivity contribution in [3.63, 3.8) is 0 Å². The third-order valence-corrected chi connectivity index (χ3v) is 3.04. The standard InChI is InChI=1S/C15H21NO4/c1-4-16(10-15(2,3)18)14(17)11-5-6-12-13(9-11)20-8-7-19-12/h5-6,9,18H,4,7-8,10H2,1-3H3. The lowest BCUT2D eigenvalue weighted by atomic mass is 10.1. The van der Waals surface area contributed by atoms with Crippen LogP contribution in [0.1, 0.15) is 31.1 Å². The van der Waals surface area contributed by atoms with E-state index in [1.165, 1.54) is 0 Å². The highest BCUT2D eigenvalue weighted by Gasteiger charge is 2.23. The highest BCUT2D eigenvalue weighted by Crippen LogP contribution is 2.31. The van der Waals surface area contributed by atoms with Crippen molar-refractivity contribution >= 4 is 5.91 Å². The molecule has 0 aromatic heterocycles. The van der Waals surface area contributed by atoms with Crippen molar-refractivity contribution in [2.24, 2.45) is 0 Å². The third-order valence-electron chi connectivity index (χ3n) is 3.04. The van der Waals surface area contributed by atoms with Crippen LogP contribution in [0.5, 0.6) is 11.5 Å². The summed E-state index contributed by atoms with van der Waals surface area (Å²) in [5.41, 5.74) is -0.375. The fourth-order valence-corrected chi connectivity index (χ4v) is 2.15. The topological polar surface area (TPSA) is 59.0 Å². The van der Waals surface area contributed by atoms with Gasteiger partial charge >= 0.3 is 0 Å². The van der Waals surface area contributed by atoms with Gasteiger partial charge in [0.05, 0.1) is 5.60 Å². The van der Waals surface area contributed by atoms with Gasteiger partial charge in [0.2, 0.25) is 0 Å². The molecular weight excluding hydrogens is 258 g/mol. The van der Waals surface area contributed by atoms with E-state index < -0.39 is 5.60 Å². The first-order chi connectivity index (χ1) is 9.40. The molecule has 2 rings (SSSR count). The largest absolute Gasteiger partial charge is 0.486 e. The number of nitrogens with zero attached hydrogens (tertiary/aromatic N) is 1. The highest BCUT2D eigenvalue weighted by atomic mass is 16.6. The van der Waals surface area contributed by atoms with E-state index in [9.17, 15) is 9.90 Å². The number of rotatable bonds is 4. The second-order valence-corrected chi connectivity index (χ2v) is 5.49. The number of carbonyl (C=O) groups excluding carboxylic acids is 1. The smallest absolute Gasteiger partial charge is 0.254 e. The Balaban J connectivity index is 2.19. The van der Waals surface area contributed by atoms with Crippen molar-refractivity contribution in [2.45, 2.75) is 26.4 Å². The van der Waals surface area contributed by atoms with Gasteiger partial charge in [-0.1, -0.05) is 0 Å². The van der Waals surface area contributed by atoms with Gasteiger partial charge in [-0.15, -0.1) is 0 Å². The summed E-state index contributed by atoms with van der Waals surface area (Å²) in [6.45, 7) is 7.11. The van der Waals surface area contributed by atoms with Crippen LogP contribution in [0.4, 0.5) is 0 Å². The van der Waals surface area contributed by atoms with Crippen LogP contribution in [-0.4, -0.2) is 47.8 Å². The van der Waals surface area contributed by atoms with E-state index in [1.807, 2.05) is 6.92 Å². The first-order valence-electron chi connectivity index (χ1n) is 6.82. The molecule has 0 bridgehead atoms.